The monoisotopic (exact) mass is 265 g/mol. The summed E-state index contributed by atoms with van der Waals surface area (Å²) in [6.45, 7) is -0.461. The molecule has 0 aliphatic rings. The van der Waals surface area contributed by atoms with Crippen molar-refractivity contribution in [2.24, 2.45) is 5.73 Å². The van der Waals surface area contributed by atoms with E-state index in [9.17, 15) is 13.2 Å². The SMILES string of the molecule is COc1cc(CN)ccc1OCCOC(F)(F)F. The van der Waals surface area contributed by atoms with E-state index < -0.39 is 13.0 Å². The summed E-state index contributed by atoms with van der Waals surface area (Å²) in [6.07, 6.45) is -4.64. The van der Waals surface area contributed by atoms with E-state index in [1.165, 1.54) is 7.11 Å². The number of hydrogen-bond acceptors (Lipinski definition) is 4. The number of halogens is 3. The van der Waals surface area contributed by atoms with Crippen LogP contribution in [0.15, 0.2) is 18.2 Å². The van der Waals surface area contributed by atoms with Crippen molar-refractivity contribution in [1.82, 2.24) is 0 Å². The molecule has 1 aromatic carbocycles. The Morgan fingerprint density at radius 1 is 1.17 bits per heavy atom. The molecule has 1 aromatic rings. The smallest absolute Gasteiger partial charge is 0.493 e. The van der Waals surface area contributed by atoms with Gasteiger partial charge >= 0.3 is 6.36 Å². The van der Waals surface area contributed by atoms with Gasteiger partial charge in [-0.05, 0) is 17.7 Å². The molecule has 0 radical (unpaired) electrons. The van der Waals surface area contributed by atoms with Crippen LogP contribution in [0, 0.1) is 0 Å². The molecule has 0 saturated heterocycles. The van der Waals surface area contributed by atoms with E-state index in [-0.39, 0.29) is 6.61 Å². The van der Waals surface area contributed by atoms with E-state index in [0.717, 1.165) is 5.56 Å². The Morgan fingerprint density at radius 3 is 2.44 bits per heavy atom. The number of hydrogen-bond donors (Lipinski definition) is 1. The Hall–Kier alpha value is -1.47. The fraction of sp³-hybridized carbons (Fsp3) is 0.455. The maximum Gasteiger partial charge on any atom is 0.522 e. The van der Waals surface area contributed by atoms with Crippen LogP contribution < -0.4 is 15.2 Å². The molecule has 0 spiro atoms. The Balaban J connectivity index is 2.51. The molecular formula is C11H14F3NO3. The van der Waals surface area contributed by atoms with Crippen LogP contribution in [0.1, 0.15) is 5.56 Å². The van der Waals surface area contributed by atoms with Crippen LogP contribution in [-0.2, 0) is 11.3 Å². The lowest BCUT2D eigenvalue weighted by Crippen LogP contribution is -2.18. The summed E-state index contributed by atoms with van der Waals surface area (Å²) in [6, 6.07) is 4.97. The minimum absolute atomic E-state index is 0.224. The first kappa shape index (κ1) is 14.6. The zero-order chi connectivity index (χ0) is 13.6. The summed E-state index contributed by atoms with van der Waals surface area (Å²) in [7, 11) is 1.44. The summed E-state index contributed by atoms with van der Waals surface area (Å²) >= 11 is 0. The Bertz CT molecular complexity index is 382. The van der Waals surface area contributed by atoms with Crippen molar-refractivity contribution in [3.63, 3.8) is 0 Å². The van der Waals surface area contributed by atoms with Crippen LogP contribution in [0.25, 0.3) is 0 Å². The Labute approximate surface area is 102 Å². The lowest BCUT2D eigenvalue weighted by Gasteiger charge is -2.12. The third kappa shape index (κ3) is 4.80. The maximum absolute atomic E-state index is 11.7. The van der Waals surface area contributed by atoms with Crippen LogP contribution in [0.3, 0.4) is 0 Å². The predicted octanol–water partition coefficient (Wildman–Crippen LogP) is 2.07. The van der Waals surface area contributed by atoms with E-state index >= 15 is 0 Å². The maximum atomic E-state index is 11.7. The van der Waals surface area contributed by atoms with Gasteiger partial charge in [0, 0.05) is 6.54 Å². The molecule has 0 heterocycles. The Morgan fingerprint density at radius 2 is 1.89 bits per heavy atom. The van der Waals surface area contributed by atoms with Gasteiger partial charge in [-0.1, -0.05) is 6.07 Å². The zero-order valence-corrected chi connectivity index (χ0v) is 9.79. The van der Waals surface area contributed by atoms with E-state index in [2.05, 4.69) is 4.74 Å². The number of benzene rings is 1. The highest BCUT2D eigenvalue weighted by Gasteiger charge is 2.28. The lowest BCUT2D eigenvalue weighted by atomic mass is 10.2. The van der Waals surface area contributed by atoms with Crippen molar-refractivity contribution in [2.75, 3.05) is 20.3 Å². The fourth-order valence-corrected chi connectivity index (χ4v) is 1.27. The van der Waals surface area contributed by atoms with E-state index in [0.29, 0.717) is 18.0 Å². The van der Waals surface area contributed by atoms with E-state index in [4.69, 9.17) is 15.2 Å². The summed E-state index contributed by atoms with van der Waals surface area (Å²) < 4.78 is 48.9. The third-order valence-corrected chi connectivity index (χ3v) is 2.07. The first-order valence-electron chi connectivity index (χ1n) is 5.16. The highest BCUT2D eigenvalue weighted by molar-refractivity contribution is 5.42. The standard InChI is InChI=1S/C11H14F3NO3/c1-16-10-6-8(7-15)2-3-9(10)17-4-5-18-11(12,13)14/h2-3,6H,4-5,7,15H2,1H3. The van der Waals surface area contributed by atoms with Crippen LogP contribution in [0.2, 0.25) is 0 Å². The molecule has 2 N–H and O–H groups in total. The largest absolute Gasteiger partial charge is 0.522 e. The number of ether oxygens (including phenoxy) is 3. The summed E-state index contributed by atoms with van der Waals surface area (Å²) in [5, 5.41) is 0. The van der Waals surface area contributed by atoms with Gasteiger partial charge in [0.25, 0.3) is 0 Å². The second kappa shape index (κ2) is 6.46. The van der Waals surface area contributed by atoms with Gasteiger partial charge in [0.05, 0.1) is 13.7 Å². The van der Waals surface area contributed by atoms with Gasteiger partial charge in [0.15, 0.2) is 11.5 Å². The van der Waals surface area contributed by atoms with Gasteiger partial charge in [-0.2, -0.15) is 0 Å². The average molecular weight is 265 g/mol. The van der Waals surface area contributed by atoms with Crippen LogP contribution in [0.4, 0.5) is 13.2 Å². The number of nitrogens with two attached hydrogens (primary N) is 1. The normalized spacial score (nSPS) is 11.4. The van der Waals surface area contributed by atoms with Gasteiger partial charge in [-0.25, -0.2) is 0 Å². The first-order valence-corrected chi connectivity index (χ1v) is 5.16. The lowest BCUT2D eigenvalue weighted by molar-refractivity contribution is -0.325. The molecule has 0 amide bonds. The van der Waals surface area contributed by atoms with Crippen LogP contribution >= 0.6 is 0 Å². The van der Waals surface area contributed by atoms with Gasteiger partial charge < -0.3 is 15.2 Å². The molecule has 0 aliphatic carbocycles. The minimum Gasteiger partial charge on any atom is -0.493 e. The number of alkyl halides is 3. The van der Waals surface area contributed by atoms with Crippen LogP contribution in [0.5, 0.6) is 11.5 Å². The highest BCUT2D eigenvalue weighted by atomic mass is 19.4. The third-order valence-electron chi connectivity index (χ3n) is 2.07. The molecule has 0 saturated carbocycles. The summed E-state index contributed by atoms with van der Waals surface area (Å²) in [5.74, 6) is 0.769. The molecule has 0 aliphatic heterocycles. The molecule has 7 heteroatoms. The summed E-state index contributed by atoms with van der Waals surface area (Å²) in [4.78, 5) is 0. The molecule has 102 valence electrons. The number of methoxy groups -OCH3 is 1. The van der Waals surface area contributed by atoms with Crippen LogP contribution in [-0.4, -0.2) is 26.7 Å². The average Bonchev–Trinajstić information content (AvgIpc) is 2.33. The second-order valence-electron chi connectivity index (χ2n) is 3.33. The molecule has 18 heavy (non-hydrogen) atoms. The van der Waals surface area contributed by atoms with Crippen molar-refractivity contribution < 1.29 is 27.4 Å². The minimum atomic E-state index is -4.64. The zero-order valence-electron chi connectivity index (χ0n) is 9.79. The predicted molar refractivity (Wildman–Crippen MR) is 58.4 cm³/mol. The van der Waals surface area contributed by atoms with Gasteiger partial charge in [-0.15, -0.1) is 13.2 Å². The van der Waals surface area contributed by atoms with Gasteiger partial charge in [0.1, 0.15) is 6.61 Å². The van der Waals surface area contributed by atoms with Crippen molar-refractivity contribution >= 4 is 0 Å². The Kier molecular flexibility index (Phi) is 5.24. The molecule has 0 bridgehead atoms. The quantitative estimate of drug-likeness (QED) is 0.800. The number of rotatable bonds is 6. The molecule has 0 unspecified atom stereocenters. The summed E-state index contributed by atoms with van der Waals surface area (Å²) in [5.41, 5.74) is 6.29. The topological polar surface area (TPSA) is 53.7 Å². The van der Waals surface area contributed by atoms with Crippen molar-refractivity contribution in [3.05, 3.63) is 23.8 Å². The second-order valence-corrected chi connectivity index (χ2v) is 3.33. The van der Waals surface area contributed by atoms with Crippen molar-refractivity contribution in [2.45, 2.75) is 12.9 Å². The fourth-order valence-electron chi connectivity index (χ4n) is 1.27. The van der Waals surface area contributed by atoms with Crippen molar-refractivity contribution in [1.29, 1.82) is 0 Å². The van der Waals surface area contributed by atoms with Crippen molar-refractivity contribution in [3.8, 4) is 11.5 Å². The molecule has 0 fully saturated rings. The molecule has 0 atom stereocenters. The van der Waals surface area contributed by atoms with Gasteiger partial charge in [0.2, 0.25) is 0 Å². The molecular weight excluding hydrogens is 251 g/mol. The van der Waals surface area contributed by atoms with Gasteiger partial charge in [-0.3, -0.25) is 4.74 Å². The molecule has 4 nitrogen and oxygen atoms in total. The van der Waals surface area contributed by atoms with E-state index in [1.807, 2.05) is 0 Å². The van der Waals surface area contributed by atoms with E-state index in [1.54, 1.807) is 18.2 Å². The highest BCUT2D eigenvalue weighted by Crippen LogP contribution is 2.28. The molecule has 1 rings (SSSR count). The first-order chi connectivity index (χ1) is 8.46. The molecule has 0 aromatic heterocycles.